The highest BCUT2D eigenvalue weighted by Crippen LogP contribution is 2.31. The molecule has 10 heteroatoms. The molecule has 0 bridgehead atoms. The second-order valence-corrected chi connectivity index (χ2v) is 7.52. The number of nitrogens with one attached hydrogen (secondary N) is 2. The van der Waals surface area contributed by atoms with Crippen LogP contribution in [0.15, 0.2) is 36.7 Å². The van der Waals surface area contributed by atoms with Gasteiger partial charge < -0.3 is 11.1 Å². The van der Waals surface area contributed by atoms with E-state index in [0.717, 1.165) is 22.5 Å². The van der Waals surface area contributed by atoms with Gasteiger partial charge in [-0.15, -0.1) is 0 Å². The van der Waals surface area contributed by atoms with E-state index in [2.05, 4.69) is 20.0 Å². The van der Waals surface area contributed by atoms with Crippen LogP contribution in [0.5, 0.6) is 0 Å². The number of anilines is 4. The number of nitrogens with zero attached hydrogens (tertiary/aromatic N) is 2. The van der Waals surface area contributed by atoms with Crippen molar-refractivity contribution in [1.82, 2.24) is 9.97 Å². The summed E-state index contributed by atoms with van der Waals surface area (Å²) in [5.74, 6) is -0.0287. The van der Waals surface area contributed by atoms with E-state index >= 15 is 0 Å². The van der Waals surface area contributed by atoms with E-state index in [1.807, 2.05) is 13.8 Å². The zero-order chi connectivity index (χ0) is 19.6. The first-order chi connectivity index (χ1) is 12.8. The van der Waals surface area contributed by atoms with Crippen LogP contribution >= 0.6 is 11.3 Å². The Balaban J connectivity index is 1.83. The van der Waals surface area contributed by atoms with E-state index in [4.69, 9.17) is 5.73 Å². The zero-order valence-electron chi connectivity index (χ0n) is 14.5. The zero-order valence-corrected chi connectivity index (χ0v) is 16.2. The highest BCUT2D eigenvalue weighted by atomic mass is 32.2. The molecule has 0 radical (unpaired) electrons. The van der Waals surface area contributed by atoms with E-state index < -0.39 is 10.9 Å². The number of aryl methyl sites for hydroxylation is 2. The lowest BCUT2D eigenvalue weighted by Crippen LogP contribution is -2.07. The average molecular weight is 403 g/mol. The van der Waals surface area contributed by atoms with E-state index in [9.17, 15) is 13.2 Å². The number of hydrogen-bond donors (Lipinski definition) is 4. The van der Waals surface area contributed by atoms with Crippen molar-refractivity contribution >= 4 is 50.3 Å². The molecular formula is C17H17N5O3S2. The number of nitrogens with two attached hydrogens (primary N) is 1. The molecule has 0 fully saturated rings. The SMILES string of the molecule is Cc1cncc(C)c1C(=O)c1sc(Nc2ccc(N[SH](=O)=O)cc2)nc1N. The van der Waals surface area contributed by atoms with Crippen molar-refractivity contribution in [2.75, 3.05) is 15.8 Å². The van der Waals surface area contributed by atoms with Crippen LogP contribution in [0.4, 0.5) is 22.3 Å². The lowest BCUT2D eigenvalue weighted by atomic mass is 10.0. The van der Waals surface area contributed by atoms with Gasteiger partial charge in [-0.1, -0.05) is 11.3 Å². The monoisotopic (exact) mass is 403 g/mol. The van der Waals surface area contributed by atoms with Gasteiger partial charge in [-0.05, 0) is 49.2 Å². The lowest BCUT2D eigenvalue weighted by molar-refractivity contribution is 0.104. The van der Waals surface area contributed by atoms with Crippen LogP contribution in [0, 0.1) is 13.8 Å². The molecule has 8 nitrogen and oxygen atoms in total. The molecule has 4 N–H and O–H groups in total. The normalized spacial score (nSPS) is 10.8. The molecule has 140 valence electrons. The van der Waals surface area contributed by atoms with Crippen LogP contribution in [0.3, 0.4) is 0 Å². The number of carbonyl (C=O) groups is 1. The van der Waals surface area contributed by atoms with Crippen molar-refractivity contribution in [3.63, 3.8) is 0 Å². The Morgan fingerprint density at radius 2 is 1.67 bits per heavy atom. The first-order valence-electron chi connectivity index (χ1n) is 7.85. The molecule has 2 aromatic heterocycles. The van der Waals surface area contributed by atoms with Gasteiger partial charge in [-0.25, -0.2) is 13.4 Å². The molecule has 0 aliphatic carbocycles. The first kappa shape index (κ1) is 18.8. The minimum absolute atomic E-state index is 0.157. The molecule has 0 amide bonds. The van der Waals surface area contributed by atoms with Crippen LogP contribution < -0.4 is 15.8 Å². The van der Waals surface area contributed by atoms with Crippen LogP contribution in [-0.2, 0) is 10.9 Å². The van der Waals surface area contributed by atoms with E-state index in [0.29, 0.717) is 26.9 Å². The van der Waals surface area contributed by atoms with Gasteiger partial charge in [0, 0.05) is 29.3 Å². The molecule has 0 saturated heterocycles. The van der Waals surface area contributed by atoms with Crippen LogP contribution in [0.25, 0.3) is 0 Å². The van der Waals surface area contributed by atoms with Crippen molar-refractivity contribution in [3.05, 3.63) is 58.2 Å². The smallest absolute Gasteiger partial charge is 0.222 e. The van der Waals surface area contributed by atoms with E-state index in [-0.39, 0.29) is 11.6 Å². The standard InChI is InChI=1S/C17H17N5O3S2/c1-9-7-19-8-10(2)13(9)14(23)15-16(18)21-17(26-15)20-11-3-5-12(6-4-11)22-27(24)25/h3-8,27H,18H2,1-2H3,(H,20,21)(H,22,24,25). The summed E-state index contributed by atoms with van der Waals surface area (Å²) in [6, 6.07) is 6.61. The van der Waals surface area contributed by atoms with Gasteiger partial charge in [0.15, 0.2) is 5.13 Å². The minimum atomic E-state index is -2.71. The van der Waals surface area contributed by atoms with E-state index in [1.54, 1.807) is 36.7 Å². The summed E-state index contributed by atoms with van der Waals surface area (Å²) in [5.41, 5.74) is 9.23. The maximum atomic E-state index is 12.9. The molecule has 1 aromatic carbocycles. The minimum Gasteiger partial charge on any atom is -0.382 e. The summed E-state index contributed by atoms with van der Waals surface area (Å²) in [6.45, 7) is 3.66. The summed E-state index contributed by atoms with van der Waals surface area (Å²) < 4.78 is 23.6. The van der Waals surface area contributed by atoms with Gasteiger partial charge in [-0.3, -0.25) is 14.5 Å². The first-order valence-corrected chi connectivity index (χ1v) is 9.85. The Morgan fingerprint density at radius 1 is 1.07 bits per heavy atom. The van der Waals surface area contributed by atoms with Gasteiger partial charge in [0.25, 0.3) is 0 Å². The Kier molecular flexibility index (Phi) is 5.38. The second kappa shape index (κ2) is 7.72. The second-order valence-electron chi connectivity index (χ2n) is 5.78. The third-order valence-corrected chi connectivity index (χ3v) is 5.19. The number of benzene rings is 1. The highest BCUT2D eigenvalue weighted by Gasteiger charge is 2.21. The predicted octanol–water partition coefficient (Wildman–Crippen LogP) is 2.65. The molecule has 0 aliphatic heterocycles. The van der Waals surface area contributed by atoms with Crippen molar-refractivity contribution in [2.24, 2.45) is 0 Å². The van der Waals surface area contributed by atoms with Crippen LogP contribution in [-0.4, -0.2) is 24.2 Å². The summed E-state index contributed by atoms with van der Waals surface area (Å²) in [5, 5.41) is 3.53. The molecule has 27 heavy (non-hydrogen) atoms. The van der Waals surface area contributed by atoms with Gasteiger partial charge in [0.05, 0.1) is 0 Å². The molecule has 0 aliphatic rings. The Labute approximate surface area is 161 Å². The van der Waals surface area contributed by atoms with Crippen LogP contribution in [0.2, 0.25) is 0 Å². The number of ketones is 1. The largest absolute Gasteiger partial charge is 0.382 e. The summed E-state index contributed by atoms with van der Waals surface area (Å²) in [6.07, 6.45) is 3.28. The fourth-order valence-corrected chi connectivity index (χ4v) is 3.79. The summed E-state index contributed by atoms with van der Waals surface area (Å²) in [4.78, 5) is 21.5. The number of aromatic nitrogens is 2. The summed E-state index contributed by atoms with van der Waals surface area (Å²) in [7, 11) is -2.71. The third-order valence-electron chi connectivity index (χ3n) is 3.77. The van der Waals surface area contributed by atoms with Gasteiger partial charge in [0.1, 0.15) is 10.7 Å². The van der Waals surface area contributed by atoms with Gasteiger partial charge in [-0.2, -0.15) is 0 Å². The molecule has 0 spiro atoms. The lowest BCUT2D eigenvalue weighted by Gasteiger charge is -2.06. The maximum Gasteiger partial charge on any atom is 0.222 e. The topological polar surface area (TPSA) is 127 Å². The van der Waals surface area contributed by atoms with Gasteiger partial charge in [0.2, 0.25) is 16.7 Å². The number of nitrogen functional groups attached to an aromatic ring is 1. The third kappa shape index (κ3) is 4.23. The Bertz CT molecular complexity index is 1050. The van der Waals surface area contributed by atoms with Crippen molar-refractivity contribution in [2.45, 2.75) is 13.8 Å². The van der Waals surface area contributed by atoms with Crippen LogP contribution in [0.1, 0.15) is 26.4 Å². The predicted molar refractivity (Wildman–Crippen MR) is 107 cm³/mol. The number of thiazole rings is 1. The fraction of sp³-hybridized carbons (Fsp3) is 0.118. The van der Waals surface area contributed by atoms with Crippen molar-refractivity contribution < 1.29 is 13.2 Å². The summed E-state index contributed by atoms with van der Waals surface area (Å²) >= 11 is 1.16. The molecule has 0 unspecified atom stereocenters. The van der Waals surface area contributed by atoms with E-state index in [1.165, 1.54) is 0 Å². The number of thiol groups is 1. The number of pyridine rings is 1. The van der Waals surface area contributed by atoms with Crippen molar-refractivity contribution in [3.8, 4) is 0 Å². The number of rotatable bonds is 6. The van der Waals surface area contributed by atoms with Gasteiger partial charge >= 0.3 is 0 Å². The number of hydrogen-bond acceptors (Lipinski definition) is 8. The molecule has 2 heterocycles. The van der Waals surface area contributed by atoms with Crippen molar-refractivity contribution in [1.29, 1.82) is 0 Å². The Morgan fingerprint density at radius 3 is 2.26 bits per heavy atom. The molecule has 3 aromatic rings. The molecule has 0 saturated carbocycles. The molecular weight excluding hydrogens is 386 g/mol. The maximum absolute atomic E-state index is 12.9. The Hall–Kier alpha value is -2.98. The fourth-order valence-electron chi connectivity index (χ4n) is 2.58. The highest BCUT2D eigenvalue weighted by molar-refractivity contribution is 7.73. The quantitative estimate of drug-likeness (QED) is 0.368. The number of carbonyl (C=O) groups excluding carboxylic acids is 1. The molecule has 0 atom stereocenters. The average Bonchev–Trinajstić information content (AvgIpc) is 2.96. The molecule has 3 rings (SSSR count).